The standard InChI is InChI=1S/C19H27NO6/c1-13(2)10-15(18(22)24-3)20-16(19(23)25-4)11-17(21)26-12-14-8-6-5-7-9-14/h5-9,13,15-16,20H,10-12H2,1-4H3/t15?,16-/m0/s1. The number of benzene rings is 1. The Morgan fingerprint density at radius 3 is 2.08 bits per heavy atom. The molecule has 1 rings (SSSR count). The summed E-state index contributed by atoms with van der Waals surface area (Å²) in [4.78, 5) is 36.1. The zero-order valence-corrected chi connectivity index (χ0v) is 15.7. The SMILES string of the molecule is COC(=O)C(CC(C)C)N[C@@H](CC(=O)OCc1ccccc1)C(=O)OC. The molecule has 0 saturated heterocycles. The normalized spacial score (nSPS) is 13.0. The molecule has 0 heterocycles. The Morgan fingerprint density at radius 2 is 1.54 bits per heavy atom. The molecule has 0 fully saturated rings. The maximum absolute atomic E-state index is 12.1. The number of hydrogen-bond acceptors (Lipinski definition) is 7. The quantitative estimate of drug-likeness (QED) is 0.500. The second kappa shape index (κ2) is 11.3. The van der Waals surface area contributed by atoms with E-state index in [1.807, 2.05) is 44.2 Å². The minimum atomic E-state index is -0.994. The number of nitrogens with one attached hydrogen (secondary N) is 1. The van der Waals surface area contributed by atoms with Gasteiger partial charge in [-0.2, -0.15) is 0 Å². The van der Waals surface area contributed by atoms with Crippen LogP contribution in [0, 0.1) is 5.92 Å². The van der Waals surface area contributed by atoms with Gasteiger partial charge < -0.3 is 14.2 Å². The predicted octanol–water partition coefficient (Wildman–Crippen LogP) is 1.84. The van der Waals surface area contributed by atoms with Gasteiger partial charge in [0.05, 0.1) is 20.6 Å². The summed E-state index contributed by atoms with van der Waals surface area (Å²) in [6, 6.07) is 7.50. The van der Waals surface area contributed by atoms with Crippen molar-refractivity contribution in [3.05, 3.63) is 35.9 Å². The average Bonchev–Trinajstić information content (AvgIpc) is 2.64. The first kappa shape index (κ1) is 21.6. The Hall–Kier alpha value is -2.41. The van der Waals surface area contributed by atoms with Crippen LogP contribution in [0.2, 0.25) is 0 Å². The van der Waals surface area contributed by atoms with Gasteiger partial charge in [0.2, 0.25) is 0 Å². The second-order valence-electron chi connectivity index (χ2n) is 6.30. The van der Waals surface area contributed by atoms with E-state index in [4.69, 9.17) is 14.2 Å². The number of hydrogen-bond donors (Lipinski definition) is 1. The highest BCUT2D eigenvalue weighted by atomic mass is 16.5. The van der Waals surface area contributed by atoms with Crippen molar-refractivity contribution in [3.8, 4) is 0 Å². The summed E-state index contributed by atoms with van der Waals surface area (Å²) >= 11 is 0. The summed E-state index contributed by atoms with van der Waals surface area (Å²) in [7, 11) is 2.50. The Kier molecular flexibility index (Phi) is 9.36. The number of ether oxygens (including phenoxy) is 3. The van der Waals surface area contributed by atoms with E-state index < -0.39 is 30.0 Å². The van der Waals surface area contributed by atoms with Gasteiger partial charge in [-0.1, -0.05) is 44.2 Å². The van der Waals surface area contributed by atoms with Gasteiger partial charge in [-0.05, 0) is 17.9 Å². The van der Waals surface area contributed by atoms with E-state index in [2.05, 4.69) is 5.32 Å². The Bertz CT molecular complexity index is 587. The molecule has 0 aromatic heterocycles. The van der Waals surface area contributed by atoms with E-state index in [0.717, 1.165) is 5.56 Å². The van der Waals surface area contributed by atoms with Crippen molar-refractivity contribution in [3.63, 3.8) is 0 Å². The molecule has 0 aliphatic heterocycles. The molecule has 0 radical (unpaired) electrons. The lowest BCUT2D eigenvalue weighted by molar-refractivity contribution is -0.153. The zero-order valence-electron chi connectivity index (χ0n) is 15.7. The molecule has 0 amide bonds. The van der Waals surface area contributed by atoms with E-state index in [1.165, 1.54) is 14.2 Å². The second-order valence-corrected chi connectivity index (χ2v) is 6.30. The summed E-state index contributed by atoms with van der Waals surface area (Å²) in [5.74, 6) is -1.51. The molecular formula is C19H27NO6. The molecule has 7 heteroatoms. The Morgan fingerprint density at radius 1 is 0.962 bits per heavy atom. The summed E-state index contributed by atoms with van der Waals surface area (Å²) in [6.45, 7) is 4.00. The van der Waals surface area contributed by atoms with E-state index in [-0.39, 0.29) is 18.9 Å². The first-order valence-corrected chi connectivity index (χ1v) is 8.48. The topological polar surface area (TPSA) is 90.9 Å². The molecule has 2 atom stereocenters. The molecule has 0 aliphatic rings. The highest BCUT2D eigenvalue weighted by Gasteiger charge is 2.30. The lowest BCUT2D eigenvalue weighted by Crippen LogP contribution is -2.49. The summed E-state index contributed by atoms with van der Waals surface area (Å²) in [6.07, 6.45) is 0.213. The number of esters is 3. The van der Waals surface area contributed by atoms with Crippen LogP contribution in [0.25, 0.3) is 0 Å². The zero-order chi connectivity index (χ0) is 19.5. The van der Waals surface area contributed by atoms with Crippen LogP contribution < -0.4 is 5.32 Å². The van der Waals surface area contributed by atoms with Gasteiger partial charge in [-0.3, -0.25) is 19.7 Å². The first-order chi connectivity index (χ1) is 12.4. The van der Waals surface area contributed by atoms with Crippen molar-refractivity contribution in [1.82, 2.24) is 5.32 Å². The molecular weight excluding hydrogens is 338 g/mol. The van der Waals surface area contributed by atoms with Gasteiger partial charge >= 0.3 is 17.9 Å². The smallest absolute Gasteiger partial charge is 0.323 e. The third kappa shape index (κ3) is 7.65. The van der Waals surface area contributed by atoms with Crippen LogP contribution >= 0.6 is 0 Å². The minimum absolute atomic E-state index is 0.111. The first-order valence-electron chi connectivity index (χ1n) is 8.48. The largest absolute Gasteiger partial charge is 0.468 e. The van der Waals surface area contributed by atoms with Crippen molar-refractivity contribution < 1.29 is 28.6 Å². The summed E-state index contributed by atoms with van der Waals surface area (Å²) < 4.78 is 14.7. The minimum Gasteiger partial charge on any atom is -0.468 e. The average molecular weight is 365 g/mol. The van der Waals surface area contributed by atoms with E-state index in [9.17, 15) is 14.4 Å². The fourth-order valence-corrected chi connectivity index (χ4v) is 2.41. The van der Waals surface area contributed by atoms with Gasteiger partial charge in [-0.25, -0.2) is 0 Å². The maximum Gasteiger partial charge on any atom is 0.323 e. The van der Waals surface area contributed by atoms with E-state index in [0.29, 0.717) is 6.42 Å². The van der Waals surface area contributed by atoms with Crippen LogP contribution in [-0.4, -0.2) is 44.2 Å². The van der Waals surface area contributed by atoms with Crippen molar-refractivity contribution in [2.45, 2.75) is 45.4 Å². The molecule has 0 spiro atoms. The number of carbonyl (C=O) groups is 3. The highest BCUT2D eigenvalue weighted by molar-refractivity contribution is 5.84. The van der Waals surface area contributed by atoms with Gasteiger partial charge in [0.1, 0.15) is 18.7 Å². The van der Waals surface area contributed by atoms with Crippen LogP contribution in [0.4, 0.5) is 0 Å². The molecule has 144 valence electrons. The molecule has 1 aromatic rings. The molecule has 0 bridgehead atoms. The van der Waals surface area contributed by atoms with Crippen LogP contribution in [0.3, 0.4) is 0 Å². The Balaban J connectivity index is 2.70. The van der Waals surface area contributed by atoms with Crippen molar-refractivity contribution >= 4 is 17.9 Å². The van der Waals surface area contributed by atoms with Crippen LogP contribution in [-0.2, 0) is 35.2 Å². The summed E-state index contributed by atoms with van der Waals surface area (Å²) in [5.41, 5.74) is 0.843. The van der Waals surface area contributed by atoms with Gasteiger partial charge in [0, 0.05) is 0 Å². The molecule has 1 N–H and O–H groups in total. The van der Waals surface area contributed by atoms with Crippen LogP contribution in [0.1, 0.15) is 32.3 Å². The predicted molar refractivity (Wildman–Crippen MR) is 95.1 cm³/mol. The summed E-state index contributed by atoms with van der Waals surface area (Å²) in [5, 5.41) is 2.87. The Labute approximate surface area is 154 Å². The van der Waals surface area contributed by atoms with Gasteiger partial charge in [0.15, 0.2) is 0 Å². The lowest BCUT2D eigenvalue weighted by atomic mass is 10.0. The van der Waals surface area contributed by atoms with Crippen LogP contribution in [0.15, 0.2) is 30.3 Å². The monoisotopic (exact) mass is 365 g/mol. The fourth-order valence-electron chi connectivity index (χ4n) is 2.41. The maximum atomic E-state index is 12.1. The van der Waals surface area contributed by atoms with E-state index in [1.54, 1.807) is 0 Å². The van der Waals surface area contributed by atoms with Crippen molar-refractivity contribution in [2.24, 2.45) is 5.92 Å². The molecule has 0 aliphatic carbocycles. The molecule has 1 unspecified atom stereocenters. The number of rotatable bonds is 10. The molecule has 26 heavy (non-hydrogen) atoms. The molecule has 7 nitrogen and oxygen atoms in total. The van der Waals surface area contributed by atoms with Gasteiger partial charge in [-0.15, -0.1) is 0 Å². The highest BCUT2D eigenvalue weighted by Crippen LogP contribution is 2.10. The van der Waals surface area contributed by atoms with Gasteiger partial charge in [0.25, 0.3) is 0 Å². The molecule has 1 aromatic carbocycles. The lowest BCUT2D eigenvalue weighted by Gasteiger charge is -2.23. The third-order valence-electron chi connectivity index (χ3n) is 3.69. The number of methoxy groups -OCH3 is 2. The van der Waals surface area contributed by atoms with Crippen molar-refractivity contribution in [2.75, 3.05) is 14.2 Å². The van der Waals surface area contributed by atoms with E-state index >= 15 is 0 Å². The number of carbonyl (C=O) groups excluding carboxylic acids is 3. The fraction of sp³-hybridized carbons (Fsp3) is 0.526. The van der Waals surface area contributed by atoms with Crippen LogP contribution in [0.5, 0.6) is 0 Å². The van der Waals surface area contributed by atoms with Crippen molar-refractivity contribution in [1.29, 1.82) is 0 Å². The third-order valence-corrected chi connectivity index (χ3v) is 3.69. The molecule has 0 saturated carbocycles.